The molecule has 0 unspecified atom stereocenters. The van der Waals surface area contributed by atoms with Crippen LogP contribution < -0.4 is 0 Å². The highest BCUT2D eigenvalue weighted by Crippen LogP contribution is 2.63. The highest BCUT2D eigenvalue weighted by molar-refractivity contribution is 5.15. The molecule has 156 valence electrons. The number of β-amino-alcohol motifs (C(OH)–C–C–N with tert-alkyl or cyclic N) is 1. The monoisotopic (exact) mass is 385 g/mol. The van der Waals surface area contributed by atoms with Crippen molar-refractivity contribution in [2.75, 3.05) is 26.2 Å². The minimum absolute atomic E-state index is 0.252. The molecule has 0 amide bonds. The minimum atomic E-state index is -0.371. The first-order valence-corrected chi connectivity index (χ1v) is 11.4. The number of aliphatic hydroxyl groups excluding tert-OH is 1. The van der Waals surface area contributed by atoms with Crippen LogP contribution in [-0.2, 0) is 11.2 Å². The van der Waals surface area contributed by atoms with E-state index in [1.54, 1.807) is 0 Å². The highest BCUT2D eigenvalue weighted by Gasteiger charge is 2.60. The molecule has 1 N–H and O–H groups in total. The van der Waals surface area contributed by atoms with Gasteiger partial charge >= 0.3 is 0 Å². The van der Waals surface area contributed by atoms with Crippen LogP contribution in [0.3, 0.4) is 0 Å². The van der Waals surface area contributed by atoms with E-state index < -0.39 is 0 Å². The molecule has 2 aliphatic carbocycles. The second-order valence-corrected chi connectivity index (χ2v) is 10.7. The fourth-order valence-corrected chi connectivity index (χ4v) is 6.55. The SMILES string of the molecule is CC1(C)[C@@H]2CC[C@](C)(C2)[C@@H]1OC[C@H](O)CN1CCC(Cc2ccccc2)CC1. The van der Waals surface area contributed by atoms with Crippen molar-refractivity contribution in [2.24, 2.45) is 22.7 Å². The van der Waals surface area contributed by atoms with Crippen molar-refractivity contribution in [3.8, 4) is 0 Å². The molecule has 1 saturated heterocycles. The zero-order valence-electron chi connectivity index (χ0n) is 18.1. The Labute approximate surface area is 171 Å². The third kappa shape index (κ3) is 4.17. The van der Waals surface area contributed by atoms with Crippen LogP contribution in [-0.4, -0.2) is 48.5 Å². The highest BCUT2D eigenvalue weighted by atomic mass is 16.5. The van der Waals surface area contributed by atoms with Crippen LogP contribution in [0.25, 0.3) is 0 Å². The van der Waals surface area contributed by atoms with Gasteiger partial charge in [0.05, 0.1) is 18.8 Å². The Hall–Kier alpha value is -0.900. The molecule has 0 radical (unpaired) electrons. The van der Waals surface area contributed by atoms with E-state index in [0.29, 0.717) is 18.1 Å². The lowest BCUT2D eigenvalue weighted by Gasteiger charge is -2.43. The average Bonchev–Trinajstić information content (AvgIpc) is 3.15. The zero-order chi connectivity index (χ0) is 19.8. The lowest BCUT2D eigenvalue weighted by Crippen LogP contribution is -2.45. The number of aliphatic hydroxyl groups is 1. The van der Waals surface area contributed by atoms with Crippen LogP contribution >= 0.6 is 0 Å². The number of hydrogen-bond donors (Lipinski definition) is 1. The maximum atomic E-state index is 10.6. The Balaban J connectivity index is 1.20. The summed E-state index contributed by atoms with van der Waals surface area (Å²) in [7, 11) is 0. The van der Waals surface area contributed by atoms with Crippen LogP contribution in [0.1, 0.15) is 58.4 Å². The molecule has 3 heteroatoms. The molecule has 2 saturated carbocycles. The van der Waals surface area contributed by atoms with Crippen molar-refractivity contribution in [3.63, 3.8) is 0 Å². The molecule has 0 spiro atoms. The molecule has 3 fully saturated rings. The number of hydrogen-bond acceptors (Lipinski definition) is 3. The smallest absolute Gasteiger partial charge is 0.0900 e. The maximum absolute atomic E-state index is 10.6. The first-order valence-electron chi connectivity index (χ1n) is 11.4. The van der Waals surface area contributed by atoms with Crippen molar-refractivity contribution in [3.05, 3.63) is 35.9 Å². The molecule has 1 aromatic carbocycles. The first-order chi connectivity index (χ1) is 13.4. The van der Waals surface area contributed by atoms with Gasteiger partial charge in [-0.25, -0.2) is 0 Å². The van der Waals surface area contributed by atoms with Crippen molar-refractivity contribution in [1.29, 1.82) is 0 Å². The fraction of sp³-hybridized carbons (Fsp3) is 0.760. The fourth-order valence-electron chi connectivity index (χ4n) is 6.55. The standard InChI is InChI=1S/C25H39NO2/c1-24(2)21-9-12-25(3,16-21)23(24)28-18-22(27)17-26-13-10-20(11-14-26)15-19-7-5-4-6-8-19/h4-8,20-23,27H,9-18H2,1-3H3/t21-,22-,23-,25-/m1/s1. The van der Waals surface area contributed by atoms with Gasteiger partial charge in [0.2, 0.25) is 0 Å². The van der Waals surface area contributed by atoms with Crippen LogP contribution in [0.15, 0.2) is 30.3 Å². The second-order valence-electron chi connectivity index (χ2n) is 10.7. The zero-order valence-corrected chi connectivity index (χ0v) is 18.1. The molecule has 3 aliphatic rings. The first kappa shape index (κ1) is 20.4. The molecule has 0 aromatic heterocycles. The summed E-state index contributed by atoms with van der Waals surface area (Å²) in [6.07, 6.45) is 7.53. The molecule has 1 heterocycles. The van der Waals surface area contributed by atoms with Gasteiger partial charge in [0.1, 0.15) is 0 Å². The number of rotatable bonds is 7. The number of nitrogens with zero attached hydrogens (tertiary/aromatic N) is 1. The van der Waals surface area contributed by atoms with Crippen molar-refractivity contribution in [1.82, 2.24) is 4.90 Å². The normalized spacial score (nSPS) is 34.0. The number of piperidine rings is 1. The number of likely N-dealkylation sites (tertiary alicyclic amines) is 1. The topological polar surface area (TPSA) is 32.7 Å². The van der Waals surface area contributed by atoms with Gasteiger partial charge < -0.3 is 14.7 Å². The molecule has 3 nitrogen and oxygen atoms in total. The van der Waals surface area contributed by atoms with E-state index in [-0.39, 0.29) is 11.5 Å². The van der Waals surface area contributed by atoms with Crippen LogP contribution in [0.5, 0.6) is 0 Å². The van der Waals surface area contributed by atoms with Gasteiger partial charge in [-0.3, -0.25) is 0 Å². The lowest BCUT2D eigenvalue weighted by molar-refractivity contribution is -0.114. The third-order valence-corrected chi connectivity index (χ3v) is 8.14. The summed E-state index contributed by atoms with van der Waals surface area (Å²) >= 11 is 0. The summed E-state index contributed by atoms with van der Waals surface area (Å²) in [5.41, 5.74) is 2.03. The molecule has 4 atom stereocenters. The number of fused-ring (bicyclic) bond motifs is 2. The molecule has 1 aromatic rings. The maximum Gasteiger partial charge on any atom is 0.0900 e. The molecule has 1 aliphatic heterocycles. The van der Waals surface area contributed by atoms with Gasteiger partial charge in [-0.1, -0.05) is 51.1 Å². The Morgan fingerprint density at radius 2 is 1.82 bits per heavy atom. The van der Waals surface area contributed by atoms with Gasteiger partial charge in [0.15, 0.2) is 0 Å². The van der Waals surface area contributed by atoms with E-state index in [2.05, 4.69) is 56.0 Å². The third-order valence-electron chi connectivity index (χ3n) is 8.14. The van der Waals surface area contributed by atoms with Gasteiger partial charge in [0.25, 0.3) is 0 Å². The van der Waals surface area contributed by atoms with E-state index in [9.17, 15) is 5.11 Å². The lowest BCUT2D eigenvalue weighted by atomic mass is 9.70. The van der Waals surface area contributed by atoms with Gasteiger partial charge in [-0.15, -0.1) is 0 Å². The quantitative estimate of drug-likeness (QED) is 0.748. The Morgan fingerprint density at radius 3 is 2.46 bits per heavy atom. The Kier molecular flexibility index (Phi) is 5.88. The Bertz CT molecular complexity index is 632. The molecular weight excluding hydrogens is 346 g/mol. The van der Waals surface area contributed by atoms with E-state index in [1.165, 1.54) is 44.1 Å². The second kappa shape index (κ2) is 8.08. The van der Waals surface area contributed by atoms with Gasteiger partial charge in [-0.05, 0) is 79.8 Å². The largest absolute Gasteiger partial charge is 0.389 e. The van der Waals surface area contributed by atoms with Crippen molar-refractivity contribution >= 4 is 0 Å². The number of benzene rings is 1. The minimum Gasteiger partial charge on any atom is -0.389 e. The van der Waals surface area contributed by atoms with Crippen LogP contribution in [0, 0.1) is 22.7 Å². The summed E-state index contributed by atoms with van der Waals surface area (Å²) in [5.74, 6) is 1.57. The van der Waals surface area contributed by atoms with E-state index >= 15 is 0 Å². The van der Waals surface area contributed by atoms with E-state index in [0.717, 1.165) is 31.5 Å². The van der Waals surface area contributed by atoms with Crippen molar-refractivity contribution in [2.45, 2.75) is 71.5 Å². The number of ether oxygens (including phenoxy) is 1. The van der Waals surface area contributed by atoms with E-state index in [4.69, 9.17) is 4.74 Å². The van der Waals surface area contributed by atoms with Crippen LogP contribution in [0.4, 0.5) is 0 Å². The predicted molar refractivity (Wildman–Crippen MR) is 114 cm³/mol. The van der Waals surface area contributed by atoms with E-state index in [1.807, 2.05) is 0 Å². The summed E-state index contributed by atoms with van der Waals surface area (Å²) in [5, 5.41) is 10.6. The molecule has 4 rings (SSSR count). The molecule has 28 heavy (non-hydrogen) atoms. The average molecular weight is 386 g/mol. The molecular formula is C25H39NO2. The molecule has 2 bridgehead atoms. The Morgan fingerprint density at radius 1 is 1.11 bits per heavy atom. The van der Waals surface area contributed by atoms with Crippen LogP contribution in [0.2, 0.25) is 0 Å². The van der Waals surface area contributed by atoms with Gasteiger partial charge in [0, 0.05) is 6.54 Å². The summed E-state index contributed by atoms with van der Waals surface area (Å²) in [6.45, 7) is 10.6. The summed E-state index contributed by atoms with van der Waals surface area (Å²) in [6, 6.07) is 10.8. The van der Waals surface area contributed by atoms with Gasteiger partial charge in [-0.2, -0.15) is 0 Å². The summed E-state index contributed by atoms with van der Waals surface area (Å²) < 4.78 is 6.38. The van der Waals surface area contributed by atoms with Crippen molar-refractivity contribution < 1.29 is 9.84 Å². The predicted octanol–water partition coefficient (Wildman–Crippen LogP) is 4.53. The summed E-state index contributed by atoms with van der Waals surface area (Å²) in [4.78, 5) is 2.43.